The van der Waals surface area contributed by atoms with Crippen molar-refractivity contribution >= 4 is 5.69 Å². The number of aliphatic hydroxyl groups excluding tert-OH is 1. The van der Waals surface area contributed by atoms with E-state index in [0.29, 0.717) is 0 Å². The second kappa shape index (κ2) is 4.01. The van der Waals surface area contributed by atoms with Crippen LogP contribution in [0.25, 0.3) is 0 Å². The van der Waals surface area contributed by atoms with Crippen LogP contribution in [0, 0.1) is 0 Å². The molecule has 76 valence electrons. The molecule has 1 heterocycles. The molecule has 2 rings (SSSR count). The molecule has 1 aliphatic rings. The van der Waals surface area contributed by atoms with Gasteiger partial charge in [-0.05, 0) is 18.1 Å². The van der Waals surface area contributed by atoms with Gasteiger partial charge in [0, 0.05) is 12.1 Å². The fourth-order valence-electron chi connectivity index (χ4n) is 2.08. The minimum atomic E-state index is -0.232. The number of anilines is 1. The quantitative estimate of drug-likeness (QED) is 0.751. The van der Waals surface area contributed by atoms with E-state index in [0.717, 1.165) is 19.3 Å². The summed E-state index contributed by atoms with van der Waals surface area (Å²) in [6.45, 7) is 2.15. The predicted molar refractivity (Wildman–Crippen MR) is 58.5 cm³/mol. The second-order valence-electron chi connectivity index (χ2n) is 3.97. The minimum absolute atomic E-state index is 0.231. The number of para-hydroxylation sites is 1. The van der Waals surface area contributed by atoms with Gasteiger partial charge in [-0.15, -0.1) is 0 Å². The van der Waals surface area contributed by atoms with Crippen LogP contribution >= 0.6 is 0 Å². The Balaban J connectivity index is 2.18. The third-order valence-corrected chi connectivity index (χ3v) is 2.85. The fraction of sp³-hybridized carbons (Fsp3) is 0.500. The largest absolute Gasteiger partial charge is 0.391 e. The van der Waals surface area contributed by atoms with Gasteiger partial charge in [0.25, 0.3) is 0 Å². The van der Waals surface area contributed by atoms with Crippen molar-refractivity contribution < 1.29 is 5.11 Å². The van der Waals surface area contributed by atoms with E-state index in [4.69, 9.17) is 0 Å². The molecule has 0 saturated carbocycles. The molecule has 0 bridgehead atoms. The molecule has 0 fully saturated rings. The first kappa shape index (κ1) is 9.53. The maximum absolute atomic E-state index is 9.88. The Morgan fingerprint density at radius 2 is 2.21 bits per heavy atom. The topological polar surface area (TPSA) is 32.3 Å². The second-order valence-corrected chi connectivity index (χ2v) is 3.97. The van der Waals surface area contributed by atoms with Crippen molar-refractivity contribution in [2.45, 2.75) is 38.3 Å². The van der Waals surface area contributed by atoms with Crippen molar-refractivity contribution in [3.63, 3.8) is 0 Å². The average molecular weight is 191 g/mol. The molecule has 0 aliphatic carbocycles. The summed E-state index contributed by atoms with van der Waals surface area (Å²) in [6, 6.07) is 8.45. The molecule has 2 atom stereocenters. The van der Waals surface area contributed by atoms with Gasteiger partial charge in [-0.2, -0.15) is 0 Å². The molecule has 0 aromatic heterocycles. The van der Waals surface area contributed by atoms with Crippen molar-refractivity contribution in [1.82, 2.24) is 0 Å². The highest BCUT2D eigenvalue weighted by Crippen LogP contribution is 2.26. The first-order chi connectivity index (χ1) is 6.81. The number of aliphatic hydroxyl groups is 1. The molecule has 2 heteroatoms. The lowest BCUT2D eigenvalue weighted by atomic mass is 9.93. The van der Waals surface area contributed by atoms with Crippen molar-refractivity contribution in [2.24, 2.45) is 0 Å². The van der Waals surface area contributed by atoms with Gasteiger partial charge >= 0.3 is 0 Å². The van der Waals surface area contributed by atoms with E-state index >= 15 is 0 Å². The maximum Gasteiger partial charge on any atom is 0.0782 e. The lowest BCUT2D eigenvalue weighted by Crippen LogP contribution is -2.39. The Kier molecular flexibility index (Phi) is 2.73. The number of hydrogen-bond acceptors (Lipinski definition) is 2. The van der Waals surface area contributed by atoms with E-state index in [1.165, 1.54) is 11.3 Å². The first-order valence-electron chi connectivity index (χ1n) is 5.33. The Morgan fingerprint density at radius 3 is 3.00 bits per heavy atom. The Labute approximate surface area is 85.0 Å². The number of benzene rings is 1. The van der Waals surface area contributed by atoms with Crippen molar-refractivity contribution in [1.29, 1.82) is 0 Å². The van der Waals surface area contributed by atoms with Crippen LogP contribution in [0.3, 0.4) is 0 Å². The van der Waals surface area contributed by atoms with Crippen LogP contribution < -0.4 is 5.32 Å². The highest BCUT2D eigenvalue weighted by Gasteiger charge is 2.24. The number of rotatable bonds is 2. The van der Waals surface area contributed by atoms with Gasteiger partial charge in [0.1, 0.15) is 0 Å². The maximum atomic E-state index is 9.88. The molecule has 2 nitrogen and oxygen atoms in total. The smallest absolute Gasteiger partial charge is 0.0782 e. The summed E-state index contributed by atoms with van der Waals surface area (Å²) in [7, 11) is 0. The summed E-state index contributed by atoms with van der Waals surface area (Å²) in [4.78, 5) is 0. The molecular weight excluding hydrogens is 174 g/mol. The molecule has 1 aliphatic heterocycles. The normalized spacial score (nSPS) is 25.3. The Hall–Kier alpha value is -1.02. The monoisotopic (exact) mass is 191 g/mol. The predicted octanol–water partition coefficient (Wildman–Crippen LogP) is 2.18. The molecule has 2 unspecified atom stereocenters. The summed E-state index contributed by atoms with van der Waals surface area (Å²) in [5.74, 6) is 0. The Bertz CT molecular complexity index is 311. The standard InChI is InChI=1S/C12H17NO/c1-2-5-11-12(14)8-9-6-3-4-7-10(9)13-11/h3-4,6-7,11-14H,2,5,8H2,1H3. The average Bonchev–Trinajstić information content (AvgIpc) is 2.19. The van der Waals surface area contributed by atoms with Crippen molar-refractivity contribution in [3.8, 4) is 0 Å². The molecule has 1 aromatic rings. The van der Waals surface area contributed by atoms with Gasteiger partial charge in [0.2, 0.25) is 0 Å². The number of nitrogens with one attached hydrogen (secondary N) is 1. The van der Waals surface area contributed by atoms with Crippen molar-refractivity contribution in [3.05, 3.63) is 29.8 Å². The summed E-state index contributed by atoms with van der Waals surface area (Å²) < 4.78 is 0. The SMILES string of the molecule is CCCC1Nc2ccccc2CC1O. The zero-order valence-corrected chi connectivity index (χ0v) is 8.53. The highest BCUT2D eigenvalue weighted by molar-refractivity contribution is 5.54. The van der Waals surface area contributed by atoms with Crippen LogP contribution in [0.15, 0.2) is 24.3 Å². The van der Waals surface area contributed by atoms with Crippen molar-refractivity contribution in [2.75, 3.05) is 5.32 Å². The van der Waals surface area contributed by atoms with Crippen LogP contribution in [-0.4, -0.2) is 17.3 Å². The lowest BCUT2D eigenvalue weighted by molar-refractivity contribution is 0.144. The molecule has 14 heavy (non-hydrogen) atoms. The third kappa shape index (κ3) is 1.75. The van der Waals surface area contributed by atoms with Crippen LogP contribution in [0.4, 0.5) is 5.69 Å². The first-order valence-corrected chi connectivity index (χ1v) is 5.33. The fourth-order valence-corrected chi connectivity index (χ4v) is 2.08. The number of hydrogen-bond donors (Lipinski definition) is 2. The van der Waals surface area contributed by atoms with E-state index in [1.54, 1.807) is 0 Å². The van der Waals surface area contributed by atoms with Crippen LogP contribution in [0.5, 0.6) is 0 Å². The summed E-state index contributed by atoms with van der Waals surface area (Å²) >= 11 is 0. The summed E-state index contributed by atoms with van der Waals surface area (Å²) in [5, 5.41) is 13.3. The molecule has 0 saturated heterocycles. The summed E-state index contributed by atoms with van der Waals surface area (Å²) in [6.07, 6.45) is 2.70. The molecule has 0 amide bonds. The molecule has 2 N–H and O–H groups in total. The number of fused-ring (bicyclic) bond motifs is 1. The molecule has 0 radical (unpaired) electrons. The molecule has 0 spiro atoms. The van der Waals surface area contributed by atoms with Gasteiger partial charge in [0.05, 0.1) is 12.1 Å². The summed E-state index contributed by atoms with van der Waals surface area (Å²) in [5.41, 5.74) is 2.42. The van der Waals surface area contributed by atoms with Gasteiger partial charge in [-0.3, -0.25) is 0 Å². The lowest BCUT2D eigenvalue weighted by Gasteiger charge is -2.31. The van der Waals surface area contributed by atoms with Crippen LogP contribution in [0.2, 0.25) is 0 Å². The highest BCUT2D eigenvalue weighted by atomic mass is 16.3. The molecular formula is C12H17NO. The van der Waals surface area contributed by atoms with E-state index in [2.05, 4.69) is 24.4 Å². The van der Waals surface area contributed by atoms with E-state index < -0.39 is 0 Å². The van der Waals surface area contributed by atoms with E-state index in [-0.39, 0.29) is 12.1 Å². The zero-order valence-electron chi connectivity index (χ0n) is 8.53. The van der Waals surface area contributed by atoms with E-state index in [9.17, 15) is 5.11 Å². The van der Waals surface area contributed by atoms with E-state index in [1.807, 2.05) is 12.1 Å². The third-order valence-electron chi connectivity index (χ3n) is 2.85. The zero-order chi connectivity index (χ0) is 9.97. The minimum Gasteiger partial charge on any atom is -0.391 e. The molecule has 1 aromatic carbocycles. The Morgan fingerprint density at radius 1 is 1.43 bits per heavy atom. The van der Waals surface area contributed by atoms with Gasteiger partial charge in [-0.1, -0.05) is 31.5 Å². The van der Waals surface area contributed by atoms with Gasteiger partial charge in [-0.25, -0.2) is 0 Å². The van der Waals surface area contributed by atoms with Gasteiger partial charge in [0.15, 0.2) is 0 Å². The van der Waals surface area contributed by atoms with Crippen LogP contribution in [0.1, 0.15) is 25.3 Å². The van der Waals surface area contributed by atoms with Crippen LogP contribution in [-0.2, 0) is 6.42 Å². The van der Waals surface area contributed by atoms with Gasteiger partial charge < -0.3 is 10.4 Å².